The lowest BCUT2D eigenvalue weighted by Crippen LogP contribution is -2.16. The quantitative estimate of drug-likeness (QED) is 0.714. The van der Waals surface area contributed by atoms with Crippen molar-refractivity contribution in [1.82, 2.24) is 4.98 Å². The molecule has 1 N–H and O–H groups in total. The summed E-state index contributed by atoms with van der Waals surface area (Å²) in [4.78, 5) is 4.34. The highest BCUT2D eigenvalue weighted by molar-refractivity contribution is 7.80. The molecule has 0 amide bonds. The Morgan fingerprint density at radius 1 is 1.10 bits per heavy atom. The Balaban J connectivity index is 1.80. The number of aryl methyl sites for hydroxylation is 1. The Morgan fingerprint density at radius 2 is 1.90 bits per heavy atom. The molecule has 1 aromatic heterocycles. The number of pyridine rings is 1. The monoisotopic (exact) mass is 294 g/mol. The maximum Gasteiger partial charge on any atom is 0.266 e. The molecule has 0 saturated heterocycles. The Labute approximate surface area is 128 Å². The van der Waals surface area contributed by atoms with E-state index in [9.17, 15) is 0 Å². The number of thiocarbonyl (C=S) groups is 1. The highest BCUT2D eigenvalue weighted by Crippen LogP contribution is 2.23. The van der Waals surface area contributed by atoms with Crippen LogP contribution in [0.15, 0.2) is 60.8 Å². The maximum atomic E-state index is 5.73. The van der Waals surface area contributed by atoms with E-state index in [1.54, 1.807) is 6.20 Å². The molecule has 0 spiro atoms. The number of para-hydroxylation sites is 1. The molecule has 104 valence electrons. The highest BCUT2D eigenvalue weighted by atomic mass is 32.1. The third-order valence-electron chi connectivity index (χ3n) is 3.06. The number of nitrogens with zero attached hydrogens (tertiary/aromatic N) is 1. The molecule has 3 aromatic rings. The third kappa shape index (κ3) is 3.17. The van der Waals surface area contributed by atoms with Gasteiger partial charge >= 0.3 is 0 Å². The van der Waals surface area contributed by atoms with E-state index in [4.69, 9.17) is 17.0 Å². The number of aromatic nitrogens is 1. The molecule has 0 radical (unpaired) electrons. The molecule has 0 aliphatic rings. The number of hydrogen-bond donors (Lipinski definition) is 1. The first kappa shape index (κ1) is 13.5. The summed E-state index contributed by atoms with van der Waals surface area (Å²) in [7, 11) is 0. The van der Waals surface area contributed by atoms with E-state index in [1.165, 1.54) is 0 Å². The molecule has 0 aliphatic heterocycles. The molecule has 1 heterocycles. The van der Waals surface area contributed by atoms with Crippen LogP contribution in [0.5, 0.6) is 5.75 Å². The van der Waals surface area contributed by atoms with Gasteiger partial charge in [0.2, 0.25) is 0 Å². The minimum absolute atomic E-state index is 0.304. The fourth-order valence-corrected chi connectivity index (χ4v) is 2.33. The van der Waals surface area contributed by atoms with Gasteiger partial charge in [-0.2, -0.15) is 0 Å². The molecule has 0 unspecified atom stereocenters. The second kappa shape index (κ2) is 5.89. The van der Waals surface area contributed by atoms with Crippen LogP contribution in [0.25, 0.3) is 10.9 Å². The van der Waals surface area contributed by atoms with Gasteiger partial charge in [0.05, 0.1) is 0 Å². The number of ether oxygens (including phenoxy) is 1. The van der Waals surface area contributed by atoms with E-state index in [0.717, 1.165) is 22.2 Å². The van der Waals surface area contributed by atoms with Gasteiger partial charge in [0, 0.05) is 17.3 Å². The molecule has 0 saturated carbocycles. The fourth-order valence-electron chi connectivity index (χ4n) is 2.12. The van der Waals surface area contributed by atoms with Crippen molar-refractivity contribution in [2.45, 2.75) is 6.92 Å². The summed E-state index contributed by atoms with van der Waals surface area (Å²) in [5.74, 6) is 0.651. The van der Waals surface area contributed by atoms with E-state index >= 15 is 0 Å². The summed E-state index contributed by atoms with van der Waals surface area (Å²) in [6, 6.07) is 17.6. The standard InChI is InChI=1S/C17H14N2OS/c1-12-5-2-8-14(11-12)19-17(21)20-15-9-3-6-13-7-4-10-18-16(13)15/h2-11H,1H3,(H,19,21). The molecule has 0 aliphatic carbocycles. The first-order valence-corrected chi connectivity index (χ1v) is 7.02. The van der Waals surface area contributed by atoms with Crippen molar-refractivity contribution in [3.8, 4) is 5.75 Å². The van der Waals surface area contributed by atoms with Gasteiger partial charge in [0.25, 0.3) is 5.17 Å². The lowest BCUT2D eigenvalue weighted by Gasteiger charge is -2.11. The van der Waals surface area contributed by atoms with Gasteiger partial charge in [-0.15, -0.1) is 0 Å². The number of nitrogens with one attached hydrogen (secondary N) is 1. The zero-order chi connectivity index (χ0) is 14.7. The van der Waals surface area contributed by atoms with Gasteiger partial charge < -0.3 is 10.1 Å². The predicted molar refractivity (Wildman–Crippen MR) is 89.8 cm³/mol. The molecule has 21 heavy (non-hydrogen) atoms. The molecule has 0 fully saturated rings. The molecule has 2 aromatic carbocycles. The second-order valence-electron chi connectivity index (χ2n) is 4.72. The minimum Gasteiger partial charge on any atom is -0.429 e. The maximum absolute atomic E-state index is 5.73. The van der Waals surface area contributed by atoms with Crippen molar-refractivity contribution in [2.75, 3.05) is 5.32 Å². The topological polar surface area (TPSA) is 34.1 Å². The van der Waals surface area contributed by atoms with Gasteiger partial charge in [-0.25, -0.2) is 0 Å². The summed E-state index contributed by atoms with van der Waals surface area (Å²) in [6.07, 6.45) is 1.74. The molecule has 3 rings (SSSR count). The van der Waals surface area contributed by atoms with E-state index in [2.05, 4.69) is 10.3 Å². The van der Waals surface area contributed by atoms with Crippen molar-refractivity contribution >= 4 is 34.0 Å². The van der Waals surface area contributed by atoms with Gasteiger partial charge in [0.15, 0.2) is 5.75 Å². The Bertz CT molecular complexity index is 796. The van der Waals surface area contributed by atoms with Crippen LogP contribution in [0.1, 0.15) is 5.56 Å². The van der Waals surface area contributed by atoms with Gasteiger partial charge in [-0.1, -0.05) is 30.3 Å². The number of benzene rings is 2. The predicted octanol–water partition coefficient (Wildman–Crippen LogP) is 4.32. The summed E-state index contributed by atoms with van der Waals surface area (Å²) >= 11 is 5.26. The van der Waals surface area contributed by atoms with Gasteiger partial charge in [-0.05, 0) is 49.0 Å². The lowest BCUT2D eigenvalue weighted by molar-refractivity contribution is 0.568. The first-order chi connectivity index (χ1) is 10.2. The lowest BCUT2D eigenvalue weighted by atomic mass is 10.2. The smallest absolute Gasteiger partial charge is 0.266 e. The van der Waals surface area contributed by atoms with Crippen molar-refractivity contribution < 1.29 is 4.74 Å². The summed E-state index contributed by atoms with van der Waals surface area (Å²) < 4.78 is 5.73. The van der Waals surface area contributed by atoms with Crippen LogP contribution in [0, 0.1) is 6.92 Å². The second-order valence-corrected chi connectivity index (χ2v) is 5.09. The van der Waals surface area contributed by atoms with Gasteiger partial charge in [0.1, 0.15) is 5.52 Å². The minimum atomic E-state index is 0.304. The highest BCUT2D eigenvalue weighted by Gasteiger charge is 2.06. The Kier molecular flexibility index (Phi) is 3.79. The zero-order valence-electron chi connectivity index (χ0n) is 11.5. The first-order valence-electron chi connectivity index (χ1n) is 6.61. The molecule has 0 bridgehead atoms. The fraction of sp³-hybridized carbons (Fsp3) is 0.0588. The van der Waals surface area contributed by atoms with E-state index < -0.39 is 0 Å². The summed E-state index contributed by atoms with van der Waals surface area (Å²) in [6.45, 7) is 2.03. The number of anilines is 1. The number of rotatable bonds is 2. The van der Waals surface area contributed by atoms with Crippen LogP contribution in [0.4, 0.5) is 5.69 Å². The summed E-state index contributed by atoms with van der Waals surface area (Å²) in [5.41, 5.74) is 2.87. The Hall–Kier alpha value is -2.46. The average Bonchev–Trinajstić information content (AvgIpc) is 2.47. The molecular weight excluding hydrogens is 280 g/mol. The number of hydrogen-bond acceptors (Lipinski definition) is 3. The van der Waals surface area contributed by atoms with Crippen LogP contribution in [0.2, 0.25) is 0 Å². The van der Waals surface area contributed by atoms with Crippen LogP contribution >= 0.6 is 12.2 Å². The average molecular weight is 294 g/mol. The van der Waals surface area contributed by atoms with Crippen molar-refractivity contribution in [2.24, 2.45) is 0 Å². The summed E-state index contributed by atoms with van der Waals surface area (Å²) in [5, 5.41) is 4.40. The van der Waals surface area contributed by atoms with E-state index in [1.807, 2.05) is 61.5 Å². The van der Waals surface area contributed by atoms with Crippen LogP contribution < -0.4 is 10.1 Å². The van der Waals surface area contributed by atoms with Crippen LogP contribution in [-0.2, 0) is 0 Å². The van der Waals surface area contributed by atoms with Crippen LogP contribution in [-0.4, -0.2) is 10.2 Å². The molecule has 4 heteroatoms. The van der Waals surface area contributed by atoms with E-state index in [0.29, 0.717) is 10.9 Å². The third-order valence-corrected chi connectivity index (χ3v) is 3.25. The largest absolute Gasteiger partial charge is 0.429 e. The molecule has 0 atom stereocenters. The van der Waals surface area contributed by atoms with E-state index in [-0.39, 0.29) is 0 Å². The SMILES string of the molecule is Cc1cccc(NC(=S)Oc2cccc3cccnc23)c1. The van der Waals surface area contributed by atoms with Crippen molar-refractivity contribution in [3.05, 3.63) is 66.4 Å². The van der Waals surface area contributed by atoms with Crippen molar-refractivity contribution in [3.63, 3.8) is 0 Å². The van der Waals surface area contributed by atoms with Gasteiger partial charge in [-0.3, -0.25) is 4.98 Å². The molecule has 3 nitrogen and oxygen atoms in total. The number of fused-ring (bicyclic) bond motifs is 1. The zero-order valence-corrected chi connectivity index (χ0v) is 12.4. The van der Waals surface area contributed by atoms with Crippen molar-refractivity contribution in [1.29, 1.82) is 0 Å². The molecular formula is C17H14N2OS. The normalized spacial score (nSPS) is 10.3. The Morgan fingerprint density at radius 3 is 2.76 bits per heavy atom. The van der Waals surface area contributed by atoms with Crippen LogP contribution in [0.3, 0.4) is 0 Å².